The van der Waals surface area contributed by atoms with Crippen molar-refractivity contribution < 1.29 is 14.2 Å². The first-order valence-electron chi connectivity index (χ1n) is 10.2. The quantitative estimate of drug-likeness (QED) is 0.394. The van der Waals surface area contributed by atoms with Crippen molar-refractivity contribution in [2.75, 3.05) is 40.1 Å². The van der Waals surface area contributed by atoms with E-state index in [1.165, 1.54) is 31.2 Å². The zero-order valence-electron chi connectivity index (χ0n) is 16.7. The van der Waals surface area contributed by atoms with Crippen LogP contribution in [0.4, 0.5) is 0 Å². The van der Waals surface area contributed by atoms with Gasteiger partial charge in [0.1, 0.15) is 0 Å². The van der Waals surface area contributed by atoms with Crippen molar-refractivity contribution in [3.8, 4) is 11.5 Å². The van der Waals surface area contributed by atoms with Gasteiger partial charge in [0.25, 0.3) is 0 Å². The van der Waals surface area contributed by atoms with Crippen molar-refractivity contribution in [2.24, 2.45) is 10.4 Å². The first-order valence-corrected chi connectivity index (χ1v) is 10.2. The number of hydrogen-bond donors (Lipinski definition) is 2. The van der Waals surface area contributed by atoms with E-state index >= 15 is 0 Å². The standard InChI is InChI=1S/C21H33N3O3/c1-3-25-13-11-21(9-4-5-10-21)15-24-20(22-2)23-12-8-17-6-7-18-19(14-17)27-16-26-18/h6-7,14H,3-5,8-13,15-16H2,1-2H3,(H2,22,23,24). The number of benzene rings is 1. The van der Waals surface area contributed by atoms with Gasteiger partial charge in [0.15, 0.2) is 17.5 Å². The summed E-state index contributed by atoms with van der Waals surface area (Å²) in [5.74, 6) is 2.55. The van der Waals surface area contributed by atoms with E-state index in [2.05, 4.69) is 34.7 Å². The number of rotatable bonds is 9. The number of nitrogens with zero attached hydrogens (tertiary/aromatic N) is 1. The maximum Gasteiger partial charge on any atom is 0.231 e. The number of aliphatic imine (C=N–C) groups is 1. The zero-order valence-corrected chi connectivity index (χ0v) is 16.7. The molecule has 150 valence electrons. The summed E-state index contributed by atoms with van der Waals surface area (Å²) in [6.45, 7) is 5.82. The molecule has 3 rings (SSSR count). The van der Waals surface area contributed by atoms with E-state index < -0.39 is 0 Å². The van der Waals surface area contributed by atoms with E-state index in [0.29, 0.717) is 12.2 Å². The average molecular weight is 376 g/mol. The fraction of sp³-hybridized carbons (Fsp3) is 0.667. The van der Waals surface area contributed by atoms with Crippen LogP contribution in [0.15, 0.2) is 23.2 Å². The number of ether oxygens (including phenoxy) is 3. The molecule has 1 aromatic carbocycles. The molecule has 0 atom stereocenters. The second kappa shape index (κ2) is 9.83. The van der Waals surface area contributed by atoms with Gasteiger partial charge in [0.05, 0.1) is 0 Å². The van der Waals surface area contributed by atoms with E-state index in [0.717, 1.165) is 56.6 Å². The van der Waals surface area contributed by atoms with Crippen molar-refractivity contribution in [3.63, 3.8) is 0 Å². The lowest BCUT2D eigenvalue weighted by Crippen LogP contribution is -2.44. The second-order valence-electron chi connectivity index (χ2n) is 7.44. The molecular weight excluding hydrogens is 342 g/mol. The first kappa shape index (κ1) is 19.8. The third-order valence-electron chi connectivity index (χ3n) is 5.64. The minimum absolute atomic E-state index is 0.318. The highest BCUT2D eigenvalue weighted by Crippen LogP contribution is 2.40. The van der Waals surface area contributed by atoms with Gasteiger partial charge in [-0.25, -0.2) is 0 Å². The molecule has 1 aliphatic heterocycles. The van der Waals surface area contributed by atoms with Crippen LogP contribution in [0.2, 0.25) is 0 Å². The molecule has 0 radical (unpaired) electrons. The van der Waals surface area contributed by atoms with Gasteiger partial charge in [0.2, 0.25) is 6.79 Å². The fourth-order valence-corrected chi connectivity index (χ4v) is 3.99. The predicted octanol–water partition coefficient (Wildman–Crippen LogP) is 3.11. The van der Waals surface area contributed by atoms with E-state index in [1.54, 1.807) is 0 Å². The number of hydrogen-bond acceptors (Lipinski definition) is 4. The van der Waals surface area contributed by atoms with Crippen LogP contribution in [0.5, 0.6) is 11.5 Å². The predicted molar refractivity (Wildman–Crippen MR) is 108 cm³/mol. The van der Waals surface area contributed by atoms with E-state index in [1.807, 2.05) is 13.1 Å². The van der Waals surface area contributed by atoms with Crippen molar-refractivity contribution in [2.45, 2.75) is 45.4 Å². The largest absolute Gasteiger partial charge is 0.454 e. The normalized spacial score (nSPS) is 17.9. The molecule has 0 unspecified atom stereocenters. The molecule has 0 aromatic heterocycles. The Kier molecular flexibility index (Phi) is 7.21. The highest BCUT2D eigenvalue weighted by Gasteiger charge is 2.33. The zero-order chi connectivity index (χ0) is 19.0. The molecule has 0 bridgehead atoms. The molecule has 2 N–H and O–H groups in total. The van der Waals surface area contributed by atoms with Crippen molar-refractivity contribution in [3.05, 3.63) is 23.8 Å². The van der Waals surface area contributed by atoms with Crippen LogP contribution in [0, 0.1) is 5.41 Å². The summed E-state index contributed by atoms with van der Waals surface area (Å²) >= 11 is 0. The maximum absolute atomic E-state index is 5.61. The molecule has 0 saturated heterocycles. The Morgan fingerprint density at radius 1 is 1.19 bits per heavy atom. The van der Waals surface area contributed by atoms with E-state index in [-0.39, 0.29) is 0 Å². The lowest BCUT2D eigenvalue weighted by atomic mass is 9.83. The van der Waals surface area contributed by atoms with Gasteiger partial charge in [0, 0.05) is 33.4 Å². The maximum atomic E-state index is 5.61. The lowest BCUT2D eigenvalue weighted by Gasteiger charge is -2.30. The molecule has 27 heavy (non-hydrogen) atoms. The summed E-state index contributed by atoms with van der Waals surface area (Å²) in [7, 11) is 1.83. The smallest absolute Gasteiger partial charge is 0.231 e. The minimum Gasteiger partial charge on any atom is -0.454 e. The topological polar surface area (TPSA) is 64.1 Å². The molecule has 6 nitrogen and oxygen atoms in total. The van der Waals surface area contributed by atoms with Crippen LogP contribution in [-0.4, -0.2) is 46.1 Å². The Balaban J connectivity index is 1.43. The van der Waals surface area contributed by atoms with Gasteiger partial charge in [-0.05, 0) is 55.7 Å². The highest BCUT2D eigenvalue weighted by atomic mass is 16.7. The molecule has 1 heterocycles. The summed E-state index contributed by atoms with van der Waals surface area (Å²) in [5, 5.41) is 6.98. The van der Waals surface area contributed by atoms with Crippen LogP contribution >= 0.6 is 0 Å². The second-order valence-corrected chi connectivity index (χ2v) is 7.44. The van der Waals surface area contributed by atoms with Gasteiger partial charge in [-0.3, -0.25) is 4.99 Å². The SMILES string of the molecule is CCOCCC1(CNC(=NC)NCCc2ccc3c(c2)OCO3)CCCC1. The van der Waals surface area contributed by atoms with E-state index in [9.17, 15) is 0 Å². The molecule has 6 heteroatoms. The summed E-state index contributed by atoms with van der Waals surface area (Å²) in [4.78, 5) is 4.38. The van der Waals surface area contributed by atoms with Gasteiger partial charge in [-0.15, -0.1) is 0 Å². The molecule has 1 fully saturated rings. The summed E-state index contributed by atoms with van der Waals surface area (Å²) in [5.41, 5.74) is 1.58. The van der Waals surface area contributed by atoms with Crippen molar-refractivity contribution in [1.82, 2.24) is 10.6 Å². The third-order valence-corrected chi connectivity index (χ3v) is 5.64. The molecular formula is C21H33N3O3. The summed E-state index contributed by atoms with van der Waals surface area (Å²) in [6.07, 6.45) is 7.24. The Labute approximate surface area is 162 Å². The monoisotopic (exact) mass is 375 g/mol. The lowest BCUT2D eigenvalue weighted by molar-refractivity contribution is 0.105. The molecule has 0 spiro atoms. The van der Waals surface area contributed by atoms with Crippen molar-refractivity contribution in [1.29, 1.82) is 0 Å². The molecule has 0 amide bonds. The Morgan fingerprint density at radius 2 is 2.00 bits per heavy atom. The van der Waals surface area contributed by atoms with Gasteiger partial charge in [-0.1, -0.05) is 18.9 Å². The molecule has 2 aliphatic rings. The molecule has 1 aliphatic carbocycles. The Hall–Kier alpha value is -1.95. The fourth-order valence-electron chi connectivity index (χ4n) is 3.99. The third kappa shape index (κ3) is 5.51. The average Bonchev–Trinajstić information content (AvgIpc) is 3.34. The van der Waals surface area contributed by atoms with Gasteiger partial charge in [-0.2, -0.15) is 0 Å². The highest BCUT2D eigenvalue weighted by molar-refractivity contribution is 5.79. The Morgan fingerprint density at radius 3 is 2.78 bits per heavy atom. The van der Waals surface area contributed by atoms with Crippen LogP contribution in [0.1, 0.15) is 44.6 Å². The number of nitrogens with one attached hydrogen (secondary N) is 2. The van der Waals surface area contributed by atoms with Gasteiger partial charge < -0.3 is 24.8 Å². The minimum atomic E-state index is 0.318. The number of guanidine groups is 1. The Bertz CT molecular complexity index is 627. The van der Waals surface area contributed by atoms with Crippen molar-refractivity contribution >= 4 is 5.96 Å². The van der Waals surface area contributed by atoms with Crippen LogP contribution in [0.25, 0.3) is 0 Å². The van der Waals surface area contributed by atoms with E-state index in [4.69, 9.17) is 14.2 Å². The van der Waals surface area contributed by atoms with Gasteiger partial charge >= 0.3 is 0 Å². The summed E-state index contributed by atoms with van der Waals surface area (Å²) in [6, 6.07) is 6.13. The van der Waals surface area contributed by atoms with Crippen LogP contribution in [-0.2, 0) is 11.2 Å². The van der Waals surface area contributed by atoms with Crippen LogP contribution < -0.4 is 20.1 Å². The molecule has 1 aromatic rings. The number of fused-ring (bicyclic) bond motifs is 1. The first-order chi connectivity index (χ1) is 13.2. The molecule has 1 saturated carbocycles. The summed E-state index contributed by atoms with van der Waals surface area (Å²) < 4.78 is 16.4. The van der Waals surface area contributed by atoms with Crippen LogP contribution in [0.3, 0.4) is 0 Å².